The molecule has 0 unspecified atom stereocenters. The summed E-state index contributed by atoms with van der Waals surface area (Å²) >= 11 is 0. The van der Waals surface area contributed by atoms with Crippen LogP contribution in [0.25, 0.3) is 0 Å². The molecule has 0 saturated heterocycles. The molecule has 1 amide bonds. The molecule has 0 N–H and O–H groups in total. The smallest absolute Gasteiger partial charge is 0.236 e. The van der Waals surface area contributed by atoms with Crippen molar-refractivity contribution in [3.05, 3.63) is 0 Å². The Labute approximate surface area is 98.8 Å². The molecule has 0 saturated carbocycles. The van der Waals surface area contributed by atoms with Gasteiger partial charge in [-0.3, -0.25) is 9.69 Å². The van der Waals surface area contributed by atoms with E-state index in [0.29, 0.717) is 19.5 Å². The zero-order chi connectivity index (χ0) is 12.4. The number of carbonyl (C=O) groups excluding carboxylic acids is 1. The number of carbonyl (C=O) groups is 1. The van der Waals surface area contributed by atoms with Gasteiger partial charge in [-0.2, -0.15) is 5.26 Å². The number of rotatable bonds is 8. The van der Waals surface area contributed by atoms with Crippen molar-refractivity contribution >= 4 is 5.91 Å². The van der Waals surface area contributed by atoms with Crippen LogP contribution in [0.5, 0.6) is 0 Å². The van der Waals surface area contributed by atoms with Crippen LogP contribution in [0, 0.1) is 11.3 Å². The summed E-state index contributed by atoms with van der Waals surface area (Å²) in [6.07, 6.45) is 2.68. The molecular weight excluding hydrogens is 202 g/mol. The van der Waals surface area contributed by atoms with Gasteiger partial charge in [0.15, 0.2) is 0 Å². The zero-order valence-corrected chi connectivity index (χ0v) is 10.7. The van der Waals surface area contributed by atoms with E-state index in [9.17, 15) is 4.79 Å². The molecule has 0 rings (SSSR count). The van der Waals surface area contributed by atoms with Crippen LogP contribution in [0.15, 0.2) is 0 Å². The Kier molecular flexibility index (Phi) is 8.55. The first-order chi connectivity index (χ1) is 7.65. The van der Waals surface area contributed by atoms with Crippen LogP contribution >= 0.6 is 0 Å². The molecule has 92 valence electrons. The molecule has 0 aliphatic carbocycles. The van der Waals surface area contributed by atoms with E-state index in [1.54, 1.807) is 11.9 Å². The quantitative estimate of drug-likeness (QED) is 0.628. The van der Waals surface area contributed by atoms with Crippen LogP contribution < -0.4 is 0 Å². The van der Waals surface area contributed by atoms with Crippen molar-refractivity contribution < 1.29 is 4.79 Å². The molecule has 16 heavy (non-hydrogen) atoms. The molecule has 0 heterocycles. The number of unbranched alkanes of at least 4 members (excludes halogenated alkanes) is 1. The van der Waals surface area contributed by atoms with E-state index < -0.39 is 0 Å². The van der Waals surface area contributed by atoms with Gasteiger partial charge in [0.05, 0.1) is 19.0 Å². The SMILES string of the molecule is CCCCN(CC)CC(=O)N(C)CCC#N. The van der Waals surface area contributed by atoms with E-state index in [1.165, 1.54) is 0 Å². The minimum atomic E-state index is 0.105. The first-order valence-corrected chi connectivity index (χ1v) is 5.98. The molecule has 0 radical (unpaired) electrons. The van der Waals surface area contributed by atoms with Gasteiger partial charge in [0.1, 0.15) is 0 Å². The van der Waals surface area contributed by atoms with Crippen LogP contribution in [0.1, 0.15) is 33.1 Å². The van der Waals surface area contributed by atoms with Gasteiger partial charge >= 0.3 is 0 Å². The highest BCUT2D eigenvalue weighted by molar-refractivity contribution is 5.77. The summed E-state index contributed by atoms with van der Waals surface area (Å²) in [6, 6.07) is 2.05. The van der Waals surface area contributed by atoms with Gasteiger partial charge in [0, 0.05) is 13.6 Å². The molecule has 0 aliphatic rings. The van der Waals surface area contributed by atoms with Crippen LogP contribution in [0.2, 0.25) is 0 Å². The number of amides is 1. The van der Waals surface area contributed by atoms with E-state index in [1.807, 2.05) is 6.07 Å². The lowest BCUT2D eigenvalue weighted by Gasteiger charge is -2.23. The molecule has 0 aromatic rings. The predicted molar refractivity (Wildman–Crippen MR) is 64.9 cm³/mol. The average molecular weight is 225 g/mol. The highest BCUT2D eigenvalue weighted by atomic mass is 16.2. The van der Waals surface area contributed by atoms with Crippen LogP contribution in [0.3, 0.4) is 0 Å². The Balaban J connectivity index is 3.94. The molecule has 0 aromatic heterocycles. The van der Waals surface area contributed by atoms with Crippen LogP contribution in [0.4, 0.5) is 0 Å². The van der Waals surface area contributed by atoms with Crippen LogP contribution in [-0.2, 0) is 4.79 Å². The first-order valence-electron chi connectivity index (χ1n) is 5.98. The fourth-order valence-corrected chi connectivity index (χ4v) is 1.39. The number of hydrogen-bond acceptors (Lipinski definition) is 3. The van der Waals surface area contributed by atoms with Crippen molar-refractivity contribution in [1.29, 1.82) is 5.26 Å². The maximum Gasteiger partial charge on any atom is 0.236 e. The summed E-state index contributed by atoms with van der Waals surface area (Å²) in [7, 11) is 1.76. The fourth-order valence-electron chi connectivity index (χ4n) is 1.39. The third-order valence-corrected chi connectivity index (χ3v) is 2.62. The Morgan fingerprint density at radius 2 is 2.00 bits per heavy atom. The summed E-state index contributed by atoms with van der Waals surface area (Å²) < 4.78 is 0. The largest absolute Gasteiger partial charge is 0.344 e. The molecule has 0 aromatic carbocycles. The van der Waals surface area contributed by atoms with Gasteiger partial charge in [-0.05, 0) is 19.5 Å². The van der Waals surface area contributed by atoms with E-state index >= 15 is 0 Å². The summed E-state index contributed by atoms with van der Waals surface area (Å²) in [6.45, 7) is 7.09. The fraction of sp³-hybridized carbons (Fsp3) is 0.833. The summed E-state index contributed by atoms with van der Waals surface area (Å²) in [5, 5.41) is 8.44. The number of nitrogens with zero attached hydrogens (tertiary/aromatic N) is 3. The van der Waals surface area contributed by atoms with Gasteiger partial charge < -0.3 is 4.90 Å². The number of hydrogen-bond donors (Lipinski definition) is 0. The first kappa shape index (κ1) is 14.9. The van der Waals surface area contributed by atoms with E-state index in [0.717, 1.165) is 25.9 Å². The highest BCUT2D eigenvalue weighted by Gasteiger charge is 2.12. The minimum Gasteiger partial charge on any atom is -0.344 e. The molecule has 0 spiro atoms. The lowest BCUT2D eigenvalue weighted by atomic mass is 10.3. The summed E-state index contributed by atoms with van der Waals surface area (Å²) in [4.78, 5) is 15.5. The molecule has 0 aliphatic heterocycles. The third kappa shape index (κ3) is 6.41. The summed E-state index contributed by atoms with van der Waals surface area (Å²) in [5.74, 6) is 0.105. The van der Waals surface area contributed by atoms with E-state index in [4.69, 9.17) is 5.26 Å². The maximum absolute atomic E-state index is 11.8. The lowest BCUT2D eigenvalue weighted by molar-refractivity contribution is -0.131. The van der Waals surface area contributed by atoms with Crippen molar-refractivity contribution in [2.24, 2.45) is 0 Å². The van der Waals surface area contributed by atoms with Gasteiger partial charge in [0.2, 0.25) is 5.91 Å². The molecule has 0 bridgehead atoms. The normalized spacial score (nSPS) is 10.2. The Morgan fingerprint density at radius 3 is 2.50 bits per heavy atom. The topological polar surface area (TPSA) is 47.3 Å². The highest BCUT2D eigenvalue weighted by Crippen LogP contribution is 1.97. The van der Waals surface area contributed by atoms with Crippen LogP contribution in [-0.4, -0.2) is 48.9 Å². The Morgan fingerprint density at radius 1 is 1.31 bits per heavy atom. The molecular formula is C12H23N3O. The lowest BCUT2D eigenvalue weighted by Crippen LogP contribution is -2.39. The van der Waals surface area contributed by atoms with Gasteiger partial charge in [-0.1, -0.05) is 20.3 Å². The second kappa shape index (κ2) is 9.17. The third-order valence-electron chi connectivity index (χ3n) is 2.62. The summed E-state index contributed by atoms with van der Waals surface area (Å²) in [5.41, 5.74) is 0. The zero-order valence-electron chi connectivity index (χ0n) is 10.7. The Hall–Kier alpha value is -1.08. The van der Waals surface area contributed by atoms with Crippen molar-refractivity contribution in [2.75, 3.05) is 33.2 Å². The number of nitriles is 1. The van der Waals surface area contributed by atoms with Gasteiger partial charge in [-0.25, -0.2) is 0 Å². The average Bonchev–Trinajstić information content (AvgIpc) is 2.30. The number of likely N-dealkylation sites (N-methyl/N-ethyl adjacent to an activating group) is 2. The van der Waals surface area contributed by atoms with Crippen molar-refractivity contribution in [3.63, 3.8) is 0 Å². The molecule has 4 heteroatoms. The van der Waals surface area contributed by atoms with Crippen molar-refractivity contribution in [3.8, 4) is 6.07 Å². The van der Waals surface area contributed by atoms with Crippen molar-refractivity contribution in [1.82, 2.24) is 9.80 Å². The molecule has 0 atom stereocenters. The molecule has 4 nitrogen and oxygen atoms in total. The standard InChI is InChI=1S/C12H23N3O/c1-4-6-10-15(5-2)11-12(16)14(3)9-7-8-13/h4-7,9-11H2,1-3H3. The van der Waals surface area contributed by atoms with Crippen molar-refractivity contribution in [2.45, 2.75) is 33.1 Å². The predicted octanol–water partition coefficient (Wildman–Crippen LogP) is 1.48. The van der Waals surface area contributed by atoms with Gasteiger partial charge in [0.25, 0.3) is 0 Å². The second-order valence-electron chi connectivity index (χ2n) is 3.95. The Bertz CT molecular complexity index is 235. The maximum atomic E-state index is 11.8. The second-order valence-corrected chi connectivity index (χ2v) is 3.95. The van der Waals surface area contributed by atoms with E-state index in [-0.39, 0.29) is 5.91 Å². The minimum absolute atomic E-state index is 0.105. The van der Waals surface area contributed by atoms with E-state index in [2.05, 4.69) is 18.7 Å². The monoisotopic (exact) mass is 225 g/mol. The molecule has 0 fully saturated rings. The van der Waals surface area contributed by atoms with Gasteiger partial charge in [-0.15, -0.1) is 0 Å².